The number of nitrogens with two attached hydrogens (primary N) is 1. The van der Waals surface area contributed by atoms with Crippen molar-refractivity contribution in [1.29, 1.82) is 0 Å². The van der Waals surface area contributed by atoms with Gasteiger partial charge in [-0.05, 0) is 13.3 Å². The molecule has 0 aliphatic carbocycles. The van der Waals surface area contributed by atoms with Gasteiger partial charge in [0.25, 0.3) is 0 Å². The van der Waals surface area contributed by atoms with E-state index in [1.165, 1.54) is 6.20 Å². The van der Waals surface area contributed by atoms with Gasteiger partial charge >= 0.3 is 0 Å². The van der Waals surface area contributed by atoms with Gasteiger partial charge in [0, 0.05) is 5.56 Å². The number of aryl methyl sites for hydroxylation is 1. The first-order valence-corrected chi connectivity index (χ1v) is 3.56. The van der Waals surface area contributed by atoms with Crippen molar-refractivity contribution in [2.45, 2.75) is 20.3 Å². The number of nitrogen functional groups attached to an aromatic ring is 1. The van der Waals surface area contributed by atoms with Crippen LogP contribution in [0.4, 0.5) is 10.1 Å². The lowest BCUT2D eigenvalue weighted by atomic mass is 10.1. The van der Waals surface area contributed by atoms with Crippen LogP contribution in [0.5, 0.6) is 0 Å². The van der Waals surface area contributed by atoms with Crippen molar-refractivity contribution >= 4 is 5.69 Å². The van der Waals surface area contributed by atoms with Gasteiger partial charge in [-0.3, -0.25) is 4.98 Å². The van der Waals surface area contributed by atoms with E-state index in [2.05, 4.69) is 4.98 Å². The minimum atomic E-state index is -0.271. The molecule has 0 aliphatic heterocycles. The molecule has 0 saturated carbocycles. The maximum absolute atomic E-state index is 13.1. The zero-order valence-corrected chi connectivity index (χ0v) is 6.69. The van der Waals surface area contributed by atoms with Crippen LogP contribution in [0.1, 0.15) is 18.2 Å². The third-order valence-corrected chi connectivity index (χ3v) is 1.68. The first-order chi connectivity index (χ1) is 5.16. The first kappa shape index (κ1) is 7.98. The molecule has 1 heterocycles. The Balaban J connectivity index is 3.29. The van der Waals surface area contributed by atoms with Crippen LogP contribution < -0.4 is 5.73 Å². The Bertz CT molecular complexity index is 271. The Hall–Kier alpha value is -1.12. The van der Waals surface area contributed by atoms with Gasteiger partial charge < -0.3 is 5.73 Å². The third-order valence-electron chi connectivity index (χ3n) is 1.68. The van der Waals surface area contributed by atoms with Crippen LogP contribution in [0.2, 0.25) is 0 Å². The van der Waals surface area contributed by atoms with Crippen molar-refractivity contribution in [3.05, 3.63) is 23.3 Å². The number of rotatable bonds is 1. The van der Waals surface area contributed by atoms with Crippen LogP contribution >= 0.6 is 0 Å². The van der Waals surface area contributed by atoms with Gasteiger partial charge in [0.05, 0.1) is 17.6 Å². The highest BCUT2D eigenvalue weighted by Gasteiger charge is 2.07. The topological polar surface area (TPSA) is 38.9 Å². The second-order valence-electron chi connectivity index (χ2n) is 2.45. The van der Waals surface area contributed by atoms with E-state index in [-0.39, 0.29) is 5.82 Å². The Morgan fingerprint density at radius 2 is 2.27 bits per heavy atom. The highest BCUT2D eigenvalue weighted by molar-refractivity contribution is 5.46. The van der Waals surface area contributed by atoms with Crippen molar-refractivity contribution in [1.82, 2.24) is 4.98 Å². The lowest BCUT2D eigenvalue weighted by Gasteiger charge is -2.04. The van der Waals surface area contributed by atoms with E-state index in [1.54, 1.807) is 6.92 Å². The highest BCUT2D eigenvalue weighted by Crippen LogP contribution is 2.16. The summed E-state index contributed by atoms with van der Waals surface area (Å²) in [5, 5.41) is 0. The van der Waals surface area contributed by atoms with Gasteiger partial charge in [0.15, 0.2) is 0 Å². The number of halogens is 1. The molecule has 3 heteroatoms. The Morgan fingerprint density at radius 3 is 2.73 bits per heavy atom. The summed E-state index contributed by atoms with van der Waals surface area (Å²) in [6, 6.07) is 0. The summed E-state index contributed by atoms with van der Waals surface area (Å²) in [6.07, 6.45) is 2.11. The Labute approximate surface area is 65.3 Å². The number of hydrogen-bond acceptors (Lipinski definition) is 2. The highest BCUT2D eigenvalue weighted by atomic mass is 19.1. The van der Waals surface area contributed by atoms with Crippen LogP contribution in [-0.2, 0) is 6.42 Å². The summed E-state index contributed by atoms with van der Waals surface area (Å²) in [5.74, 6) is -0.271. The quantitative estimate of drug-likeness (QED) is 0.668. The third kappa shape index (κ3) is 1.31. The van der Waals surface area contributed by atoms with Crippen LogP contribution in [0, 0.1) is 12.7 Å². The molecule has 0 fully saturated rings. The van der Waals surface area contributed by atoms with E-state index in [1.807, 2.05) is 6.92 Å². The van der Waals surface area contributed by atoms with Crippen molar-refractivity contribution in [2.24, 2.45) is 0 Å². The second-order valence-corrected chi connectivity index (χ2v) is 2.45. The monoisotopic (exact) mass is 154 g/mol. The molecule has 0 atom stereocenters. The zero-order chi connectivity index (χ0) is 8.43. The van der Waals surface area contributed by atoms with Gasteiger partial charge in [0.2, 0.25) is 0 Å². The molecule has 2 N–H and O–H groups in total. The summed E-state index contributed by atoms with van der Waals surface area (Å²) in [4.78, 5) is 3.79. The number of anilines is 1. The minimum absolute atomic E-state index is 0.271. The van der Waals surface area contributed by atoms with E-state index in [0.29, 0.717) is 23.4 Å². The number of pyridine rings is 1. The fraction of sp³-hybridized carbons (Fsp3) is 0.375. The molecule has 0 aliphatic rings. The predicted molar refractivity (Wildman–Crippen MR) is 42.7 cm³/mol. The second kappa shape index (κ2) is 2.86. The normalized spacial score (nSPS) is 10.1. The summed E-state index contributed by atoms with van der Waals surface area (Å²) in [7, 11) is 0. The number of hydrogen-bond donors (Lipinski definition) is 1. The maximum atomic E-state index is 13.1. The predicted octanol–water partition coefficient (Wildman–Crippen LogP) is 1.67. The van der Waals surface area contributed by atoms with Gasteiger partial charge in [-0.2, -0.15) is 0 Å². The molecule has 1 rings (SSSR count). The molecule has 0 amide bonds. The van der Waals surface area contributed by atoms with Crippen molar-refractivity contribution in [3.63, 3.8) is 0 Å². The van der Waals surface area contributed by atoms with Gasteiger partial charge in [0.1, 0.15) is 5.82 Å². The Kier molecular flexibility index (Phi) is 2.08. The fourth-order valence-corrected chi connectivity index (χ4v) is 1.01. The Morgan fingerprint density at radius 1 is 1.64 bits per heavy atom. The smallest absolute Gasteiger partial charge is 0.149 e. The van der Waals surface area contributed by atoms with E-state index < -0.39 is 0 Å². The SMILES string of the molecule is CCc1c(N)cnc(C)c1F. The molecule has 1 aromatic rings. The van der Waals surface area contributed by atoms with Crippen molar-refractivity contribution in [2.75, 3.05) is 5.73 Å². The minimum Gasteiger partial charge on any atom is -0.397 e. The molecule has 2 nitrogen and oxygen atoms in total. The summed E-state index contributed by atoms with van der Waals surface area (Å²) < 4.78 is 13.1. The molecule has 11 heavy (non-hydrogen) atoms. The van der Waals surface area contributed by atoms with Crippen LogP contribution in [-0.4, -0.2) is 4.98 Å². The summed E-state index contributed by atoms with van der Waals surface area (Å²) in [5.41, 5.74) is 6.92. The van der Waals surface area contributed by atoms with Gasteiger partial charge in [-0.25, -0.2) is 4.39 Å². The molecule has 0 spiro atoms. The average molecular weight is 154 g/mol. The fourth-order valence-electron chi connectivity index (χ4n) is 1.01. The molecule has 1 aromatic heterocycles. The van der Waals surface area contributed by atoms with Crippen molar-refractivity contribution in [3.8, 4) is 0 Å². The summed E-state index contributed by atoms with van der Waals surface area (Å²) in [6.45, 7) is 3.50. The molecule has 0 saturated heterocycles. The van der Waals surface area contributed by atoms with Gasteiger partial charge in [-0.15, -0.1) is 0 Å². The average Bonchev–Trinajstić information content (AvgIpc) is 1.99. The van der Waals surface area contributed by atoms with E-state index in [9.17, 15) is 4.39 Å². The maximum Gasteiger partial charge on any atom is 0.149 e. The molecular formula is C8H11FN2. The molecule has 0 unspecified atom stereocenters. The van der Waals surface area contributed by atoms with E-state index in [4.69, 9.17) is 5.73 Å². The molecular weight excluding hydrogens is 143 g/mol. The number of nitrogens with zero attached hydrogens (tertiary/aromatic N) is 1. The van der Waals surface area contributed by atoms with Crippen LogP contribution in [0.3, 0.4) is 0 Å². The first-order valence-electron chi connectivity index (χ1n) is 3.56. The van der Waals surface area contributed by atoms with Crippen LogP contribution in [0.15, 0.2) is 6.20 Å². The van der Waals surface area contributed by atoms with Gasteiger partial charge in [-0.1, -0.05) is 6.92 Å². The standard InChI is InChI=1S/C8H11FN2/c1-3-6-7(10)4-11-5(2)8(6)9/h4H,3,10H2,1-2H3. The van der Waals surface area contributed by atoms with E-state index in [0.717, 1.165) is 0 Å². The molecule has 0 aromatic carbocycles. The van der Waals surface area contributed by atoms with Crippen LogP contribution in [0.25, 0.3) is 0 Å². The summed E-state index contributed by atoms with van der Waals surface area (Å²) >= 11 is 0. The molecule has 0 radical (unpaired) electrons. The largest absolute Gasteiger partial charge is 0.397 e. The lowest BCUT2D eigenvalue weighted by molar-refractivity contribution is 0.595. The lowest BCUT2D eigenvalue weighted by Crippen LogP contribution is -2.00. The number of aromatic nitrogens is 1. The van der Waals surface area contributed by atoms with E-state index >= 15 is 0 Å². The molecule has 60 valence electrons. The zero-order valence-electron chi connectivity index (χ0n) is 6.69. The van der Waals surface area contributed by atoms with Crippen molar-refractivity contribution < 1.29 is 4.39 Å². The molecule has 0 bridgehead atoms.